The first-order valence-corrected chi connectivity index (χ1v) is 9.42. The second-order valence-corrected chi connectivity index (χ2v) is 8.06. The number of aryl methyl sites for hydroxylation is 2. The van der Waals surface area contributed by atoms with Crippen molar-refractivity contribution in [2.75, 3.05) is 19.7 Å². The fourth-order valence-electron chi connectivity index (χ4n) is 2.80. The highest BCUT2D eigenvalue weighted by Gasteiger charge is 2.31. The minimum Gasteiger partial charge on any atom is -0.493 e. The summed E-state index contributed by atoms with van der Waals surface area (Å²) in [6.07, 6.45) is 8.11. The van der Waals surface area contributed by atoms with E-state index < -0.39 is 10.0 Å². The first kappa shape index (κ1) is 16.9. The number of imidazole rings is 1. The van der Waals surface area contributed by atoms with E-state index in [1.54, 1.807) is 24.0 Å². The Morgan fingerprint density at radius 1 is 1.33 bits per heavy atom. The van der Waals surface area contributed by atoms with E-state index in [2.05, 4.69) is 9.97 Å². The van der Waals surface area contributed by atoms with Gasteiger partial charge >= 0.3 is 0 Å². The van der Waals surface area contributed by atoms with Crippen molar-refractivity contribution in [3.8, 4) is 5.75 Å². The maximum absolute atomic E-state index is 12.5. The molecule has 0 saturated carbocycles. The van der Waals surface area contributed by atoms with Crippen LogP contribution in [0.25, 0.3) is 0 Å². The third-order valence-electron chi connectivity index (χ3n) is 4.30. The van der Waals surface area contributed by atoms with E-state index in [0.29, 0.717) is 25.6 Å². The zero-order valence-corrected chi connectivity index (χ0v) is 14.7. The molecule has 24 heavy (non-hydrogen) atoms. The molecule has 2 aromatic rings. The van der Waals surface area contributed by atoms with Gasteiger partial charge in [-0.25, -0.2) is 13.4 Å². The van der Waals surface area contributed by atoms with Crippen LogP contribution >= 0.6 is 0 Å². The summed E-state index contributed by atoms with van der Waals surface area (Å²) < 4.78 is 34.1. The first-order chi connectivity index (χ1) is 11.5. The summed E-state index contributed by atoms with van der Waals surface area (Å²) in [5.41, 5.74) is 1.01. The molecular weight excluding hydrogens is 328 g/mol. The molecule has 1 saturated heterocycles. The first-order valence-electron chi connectivity index (χ1n) is 7.98. The van der Waals surface area contributed by atoms with Crippen LogP contribution in [0, 0.1) is 12.8 Å². The van der Waals surface area contributed by atoms with Gasteiger partial charge in [0.15, 0.2) is 5.03 Å². The summed E-state index contributed by atoms with van der Waals surface area (Å²) in [6.45, 7) is 3.57. The van der Waals surface area contributed by atoms with Crippen molar-refractivity contribution in [2.24, 2.45) is 13.0 Å². The molecule has 3 heterocycles. The van der Waals surface area contributed by atoms with Gasteiger partial charge in [0, 0.05) is 44.3 Å². The maximum Gasteiger partial charge on any atom is 0.262 e. The SMILES string of the molecule is Cc1cnccc1OCC1CCN(S(=O)(=O)c2cn(C)cn2)CC1. The predicted molar refractivity (Wildman–Crippen MR) is 89.2 cm³/mol. The van der Waals surface area contributed by atoms with Crippen LogP contribution in [0.5, 0.6) is 5.75 Å². The molecule has 0 aromatic carbocycles. The zero-order chi connectivity index (χ0) is 17.2. The lowest BCUT2D eigenvalue weighted by molar-refractivity contribution is 0.184. The van der Waals surface area contributed by atoms with Crippen LogP contribution < -0.4 is 4.74 Å². The van der Waals surface area contributed by atoms with E-state index in [1.807, 2.05) is 13.0 Å². The molecule has 1 fully saturated rings. The maximum atomic E-state index is 12.5. The summed E-state index contributed by atoms with van der Waals surface area (Å²) in [7, 11) is -1.73. The van der Waals surface area contributed by atoms with Gasteiger partial charge in [-0.2, -0.15) is 4.31 Å². The van der Waals surface area contributed by atoms with Crippen molar-refractivity contribution in [2.45, 2.75) is 24.8 Å². The van der Waals surface area contributed by atoms with Gasteiger partial charge in [-0.3, -0.25) is 4.98 Å². The highest BCUT2D eigenvalue weighted by molar-refractivity contribution is 7.89. The van der Waals surface area contributed by atoms with Gasteiger partial charge < -0.3 is 9.30 Å². The van der Waals surface area contributed by atoms with Gasteiger partial charge in [0.05, 0.1) is 12.9 Å². The fraction of sp³-hybridized carbons (Fsp3) is 0.500. The number of sulfonamides is 1. The van der Waals surface area contributed by atoms with Crippen molar-refractivity contribution >= 4 is 10.0 Å². The lowest BCUT2D eigenvalue weighted by atomic mass is 9.99. The molecule has 0 atom stereocenters. The van der Waals surface area contributed by atoms with Crippen LogP contribution in [0.15, 0.2) is 36.0 Å². The topological polar surface area (TPSA) is 77.3 Å². The fourth-order valence-corrected chi connectivity index (χ4v) is 4.24. The van der Waals surface area contributed by atoms with Gasteiger partial charge in [0.25, 0.3) is 10.0 Å². The molecule has 7 nitrogen and oxygen atoms in total. The Morgan fingerprint density at radius 3 is 2.71 bits per heavy atom. The van der Waals surface area contributed by atoms with Crippen molar-refractivity contribution in [3.63, 3.8) is 0 Å². The number of ether oxygens (including phenoxy) is 1. The average molecular weight is 350 g/mol. The van der Waals surface area contributed by atoms with Gasteiger partial charge in [0.2, 0.25) is 0 Å². The molecule has 0 unspecified atom stereocenters. The highest BCUT2D eigenvalue weighted by atomic mass is 32.2. The van der Waals surface area contributed by atoms with Gasteiger partial charge in [-0.1, -0.05) is 0 Å². The lowest BCUT2D eigenvalue weighted by Gasteiger charge is -2.30. The highest BCUT2D eigenvalue weighted by Crippen LogP contribution is 2.24. The van der Waals surface area contributed by atoms with Crippen LogP contribution in [-0.2, 0) is 17.1 Å². The van der Waals surface area contributed by atoms with E-state index >= 15 is 0 Å². The van der Waals surface area contributed by atoms with Crippen molar-refractivity contribution in [3.05, 3.63) is 36.5 Å². The lowest BCUT2D eigenvalue weighted by Crippen LogP contribution is -2.39. The number of rotatable bonds is 5. The van der Waals surface area contributed by atoms with Crippen LogP contribution in [0.1, 0.15) is 18.4 Å². The van der Waals surface area contributed by atoms with Crippen LogP contribution in [0.2, 0.25) is 0 Å². The van der Waals surface area contributed by atoms with Crippen LogP contribution in [0.3, 0.4) is 0 Å². The minimum absolute atomic E-state index is 0.118. The van der Waals surface area contributed by atoms with Gasteiger partial charge in [0.1, 0.15) is 5.75 Å². The molecule has 0 bridgehead atoms. The predicted octanol–water partition coefficient (Wildman–Crippen LogP) is 1.60. The van der Waals surface area contributed by atoms with E-state index in [-0.39, 0.29) is 5.03 Å². The van der Waals surface area contributed by atoms with E-state index in [4.69, 9.17) is 4.74 Å². The Bertz CT molecular complexity index is 795. The second-order valence-electron chi connectivity index (χ2n) is 6.18. The molecule has 0 amide bonds. The van der Waals surface area contributed by atoms with Crippen molar-refractivity contribution in [1.29, 1.82) is 0 Å². The molecule has 0 spiro atoms. The molecule has 1 aliphatic rings. The molecule has 0 aliphatic carbocycles. The molecule has 2 aromatic heterocycles. The van der Waals surface area contributed by atoms with E-state index in [0.717, 1.165) is 24.2 Å². The molecule has 0 N–H and O–H groups in total. The Balaban J connectivity index is 1.55. The third kappa shape index (κ3) is 3.59. The summed E-state index contributed by atoms with van der Waals surface area (Å²) in [4.78, 5) is 8.02. The Hall–Kier alpha value is -1.93. The number of nitrogens with zero attached hydrogens (tertiary/aromatic N) is 4. The van der Waals surface area contributed by atoms with E-state index in [1.165, 1.54) is 16.8 Å². The minimum atomic E-state index is -3.49. The average Bonchev–Trinajstić information content (AvgIpc) is 3.02. The standard InChI is InChI=1S/C16H22N4O3S/c1-13-9-17-6-3-15(13)23-11-14-4-7-20(8-5-14)24(21,22)16-10-19(2)12-18-16/h3,6,9-10,12,14H,4-5,7-8,11H2,1-2H3. The number of hydrogen-bond acceptors (Lipinski definition) is 5. The molecule has 130 valence electrons. The molecular formula is C16H22N4O3S. The van der Waals surface area contributed by atoms with Gasteiger partial charge in [-0.15, -0.1) is 0 Å². The normalized spacial score (nSPS) is 17.1. The largest absolute Gasteiger partial charge is 0.493 e. The Labute approximate surface area is 142 Å². The van der Waals surface area contributed by atoms with Crippen molar-refractivity contribution in [1.82, 2.24) is 18.8 Å². The third-order valence-corrected chi connectivity index (χ3v) is 6.09. The number of hydrogen-bond donors (Lipinski definition) is 0. The Kier molecular flexibility index (Phi) is 4.86. The van der Waals surface area contributed by atoms with Crippen molar-refractivity contribution < 1.29 is 13.2 Å². The molecule has 8 heteroatoms. The summed E-state index contributed by atoms with van der Waals surface area (Å²) in [6, 6.07) is 1.86. The number of piperidine rings is 1. The van der Waals surface area contributed by atoms with Crippen LogP contribution in [-0.4, -0.2) is 47.0 Å². The summed E-state index contributed by atoms with van der Waals surface area (Å²) in [5.74, 6) is 1.20. The second kappa shape index (κ2) is 6.90. The zero-order valence-electron chi connectivity index (χ0n) is 13.9. The summed E-state index contributed by atoms with van der Waals surface area (Å²) >= 11 is 0. The van der Waals surface area contributed by atoms with Crippen LogP contribution in [0.4, 0.5) is 0 Å². The number of pyridine rings is 1. The molecule has 1 aliphatic heterocycles. The Morgan fingerprint density at radius 2 is 2.08 bits per heavy atom. The van der Waals surface area contributed by atoms with Gasteiger partial charge in [-0.05, 0) is 31.7 Å². The quantitative estimate of drug-likeness (QED) is 0.819. The smallest absolute Gasteiger partial charge is 0.262 e. The molecule has 0 radical (unpaired) electrons. The van der Waals surface area contributed by atoms with E-state index in [9.17, 15) is 8.42 Å². The monoisotopic (exact) mass is 350 g/mol. The molecule has 3 rings (SSSR count). The summed E-state index contributed by atoms with van der Waals surface area (Å²) in [5, 5.41) is 0.118. The number of aromatic nitrogens is 3.